The van der Waals surface area contributed by atoms with E-state index in [4.69, 9.17) is 0 Å². The highest BCUT2D eigenvalue weighted by Gasteiger charge is 2.35. The van der Waals surface area contributed by atoms with Crippen LogP contribution in [0.2, 0.25) is 0 Å². The summed E-state index contributed by atoms with van der Waals surface area (Å²) in [4.78, 5) is 30.2. The number of hydrogen-bond donors (Lipinski definition) is 0. The van der Waals surface area contributed by atoms with Gasteiger partial charge in [0.05, 0.1) is 6.04 Å². The predicted octanol–water partition coefficient (Wildman–Crippen LogP) is 3.87. The summed E-state index contributed by atoms with van der Waals surface area (Å²) in [5.41, 5.74) is 1.95. The van der Waals surface area contributed by atoms with Gasteiger partial charge in [-0.1, -0.05) is 30.3 Å². The zero-order valence-corrected chi connectivity index (χ0v) is 16.7. The predicted molar refractivity (Wildman–Crippen MR) is 105 cm³/mol. The van der Waals surface area contributed by atoms with Gasteiger partial charge in [-0.25, -0.2) is 0 Å². The van der Waals surface area contributed by atoms with Crippen LogP contribution < -0.4 is 0 Å². The van der Waals surface area contributed by atoms with Crippen LogP contribution in [-0.2, 0) is 16.0 Å². The Morgan fingerprint density at radius 2 is 1.88 bits per heavy atom. The van der Waals surface area contributed by atoms with Crippen LogP contribution in [0.1, 0.15) is 49.7 Å². The van der Waals surface area contributed by atoms with Crippen molar-refractivity contribution in [2.24, 2.45) is 0 Å². The lowest BCUT2D eigenvalue weighted by Crippen LogP contribution is -2.52. The van der Waals surface area contributed by atoms with Gasteiger partial charge in [0.2, 0.25) is 11.8 Å². The number of nitrogens with zero attached hydrogens (tertiary/aromatic N) is 2. The molecule has 4 nitrogen and oxygen atoms in total. The van der Waals surface area contributed by atoms with Crippen LogP contribution in [0.5, 0.6) is 0 Å². The molecule has 0 saturated carbocycles. The average molecular weight is 371 g/mol. The molecule has 138 valence electrons. The standard InChI is InChI=1S/C21H26N2O2S/c1-15(24)23(21(2,3)4)14-19(25)22-12-10-18-17(11-13-26-18)20(22)16-8-6-5-7-9-16/h5-9,11,13,20H,10,12,14H2,1-4H3/t20-/m0/s1. The van der Waals surface area contributed by atoms with Crippen molar-refractivity contribution in [1.82, 2.24) is 9.80 Å². The second-order valence-corrected chi connectivity index (χ2v) is 8.73. The van der Waals surface area contributed by atoms with Crippen LogP contribution in [0.15, 0.2) is 41.8 Å². The van der Waals surface area contributed by atoms with Gasteiger partial charge in [0.25, 0.3) is 0 Å². The summed E-state index contributed by atoms with van der Waals surface area (Å²) >= 11 is 1.76. The average Bonchev–Trinajstić information content (AvgIpc) is 3.06. The monoisotopic (exact) mass is 370 g/mol. The Labute approximate surface area is 159 Å². The van der Waals surface area contributed by atoms with Gasteiger partial charge in [0.15, 0.2) is 0 Å². The number of hydrogen-bond acceptors (Lipinski definition) is 3. The van der Waals surface area contributed by atoms with Crippen molar-refractivity contribution in [2.45, 2.75) is 45.7 Å². The van der Waals surface area contributed by atoms with Crippen molar-refractivity contribution in [3.05, 3.63) is 57.8 Å². The molecule has 2 aromatic rings. The molecule has 2 amide bonds. The quantitative estimate of drug-likeness (QED) is 0.823. The second kappa shape index (κ2) is 7.23. The van der Waals surface area contributed by atoms with Gasteiger partial charge in [-0.3, -0.25) is 9.59 Å². The minimum atomic E-state index is -0.382. The molecule has 0 radical (unpaired) electrons. The van der Waals surface area contributed by atoms with Crippen LogP contribution in [0.3, 0.4) is 0 Å². The molecular weight excluding hydrogens is 344 g/mol. The molecule has 2 heterocycles. The van der Waals surface area contributed by atoms with Crippen molar-refractivity contribution in [3.63, 3.8) is 0 Å². The Kier molecular flexibility index (Phi) is 5.19. The van der Waals surface area contributed by atoms with E-state index in [-0.39, 0.29) is 29.9 Å². The van der Waals surface area contributed by atoms with E-state index in [1.165, 1.54) is 17.4 Å². The molecule has 1 aliphatic rings. The van der Waals surface area contributed by atoms with E-state index in [2.05, 4.69) is 23.6 Å². The van der Waals surface area contributed by atoms with E-state index in [9.17, 15) is 9.59 Å². The van der Waals surface area contributed by atoms with Crippen LogP contribution in [0.25, 0.3) is 0 Å². The smallest absolute Gasteiger partial charge is 0.243 e. The van der Waals surface area contributed by atoms with Crippen LogP contribution in [-0.4, -0.2) is 40.2 Å². The molecule has 5 heteroatoms. The molecule has 26 heavy (non-hydrogen) atoms. The lowest BCUT2D eigenvalue weighted by Gasteiger charge is -2.40. The topological polar surface area (TPSA) is 40.6 Å². The number of benzene rings is 1. The molecular formula is C21H26N2O2S. The number of carbonyl (C=O) groups is 2. The summed E-state index contributed by atoms with van der Waals surface area (Å²) in [6, 6.07) is 12.2. The summed E-state index contributed by atoms with van der Waals surface area (Å²) in [5, 5.41) is 2.10. The fraction of sp³-hybridized carbons (Fsp3) is 0.429. The maximum Gasteiger partial charge on any atom is 0.243 e. The maximum atomic E-state index is 13.2. The van der Waals surface area contributed by atoms with E-state index in [1.54, 1.807) is 16.2 Å². The molecule has 0 aliphatic carbocycles. The molecule has 0 fully saturated rings. The Balaban J connectivity index is 1.93. The molecule has 0 bridgehead atoms. The fourth-order valence-corrected chi connectivity index (χ4v) is 4.53. The second-order valence-electron chi connectivity index (χ2n) is 7.73. The van der Waals surface area contributed by atoms with Gasteiger partial charge in [0, 0.05) is 23.9 Å². The third kappa shape index (κ3) is 3.68. The number of fused-ring (bicyclic) bond motifs is 1. The Morgan fingerprint density at radius 3 is 2.50 bits per heavy atom. The number of rotatable bonds is 3. The largest absolute Gasteiger partial charge is 0.330 e. The van der Waals surface area contributed by atoms with Crippen LogP contribution in [0.4, 0.5) is 0 Å². The van der Waals surface area contributed by atoms with E-state index >= 15 is 0 Å². The molecule has 0 saturated heterocycles. The molecule has 1 aliphatic heterocycles. The molecule has 1 aromatic heterocycles. The molecule has 1 aromatic carbocycles. The first-order valence-electron chi connectivity index (χ1n) is 8.98. The number of carbonyl (C=O) groups excluding carboxylic acids is 2. The van der Waals surface area contributed by atoms with Crippen LogP contribution >= 0.6 is 11.3 Å². The lowest BCUT2D eigenvalue weighted by atomic mass is 9.93. The third-order valence-electron chi connectivity index (χ3n) is 4.88. The minimum Gasteiger partial charge on any atom is -0.330 e. The minimum absolute atomic E-state index is 0.000767. The summed E-state index contributed by atoms with van der Waals surface area (Å²) < 4.78 is 0. The Hall–Kier alpha value is -2.14. The van der Waals surface area contributed by atoms with Gasteiger partial charge in [0.1, 0.15) is 6.54 Å². The maximum absolute atomic E-state index is 13.2. The van der Waals surface area contributed by atoms with Crippen molar-refractivity contribution < 1.29 is 9.59 Å². The number of thiophene rings is 1. The van der Waals surface area contributed by atoms with Crippen molar-refractivity contribution in [3.8, 4) is 0 Å². The summed E-state index contributed by atoms with van der Waals surface area (Å²) in [5.74, 6) is -0.0730. The van der Waals surface area contributed by atoms with Crippen molar-refractivity contribution >= 4 is 23.2 Å². The van der Waals surface area contributed by atoms with E-state index < -0.39 is 0 Å². The molecule has 0 N–H and O–H groups in total. The zero-order valence-electron chi connectivity index (χ0n) is 15.9. The summed E-state index contributed by atoms with van der Waals surface area (Å²) in [6.07, 6.45) is 0.873. The van der Waals surface area contributed by atoms with Crippen molar-refractivity contribution in [1.29, 1.82) is 0 Å². The van der Waals surface area contributed by atoms with Crippen molar-refractivity contribution in [2.75, 3.05) is 13.1 Å². The van der Waals surface area contributed by atoms with E-state index in [0.717, 1.165) is 12.0 Å². The van der Waals surface area contributed by atoms with Gasteiger partial charge >= 0.3 is 0 Å². The van der Waals surface area contributed by atoms with Gasteiger partial charge in [-0.05, 0) is 49.8 Å². The first-order valence-corrected chi connectivity index (χ1v) is 9.86. The first-order chi connectivity index (χ1) is 12.3. The first kappa shape index (κ1) is 18.6. The van der Waals surface area contributed by atoms with Gasteiger partial charge < -0.3 is 9.80 Å². The highest BCUT2D eigenvalue weighted by molar-refractivity contribution is 7.10. The lowest BCUT2D eigenvalue weighted by molar-refractivity contribution is -0.144. The highest BCUT2D eigenvalue weighted by Crippen LogP contribution is 2.37. The highest BCUT2D eigenvalue weighted by atomic mass is 32.1. The van der Waals surface area contributed by atoms with E-state index in [1.807, 2.05) is 43.9 Å². The third-order valence-corrected chi connectivity index (χ3v) is 5.88. The molecule has 0 spiro atoms. The summed E-state index contributed by atoms with van der Waals surface area (Å²) in [6.45, 7) is 8.21. The van der Waals surface area contributed by atoms with Gasteiger partial charge in [-0.2, -0.15) is 0 Å². The normalized spacial score (nSPS) is 16.9. The Bertz CT molecular complexity index is 792. The fourth-order valence-electron chi connectivity index (χ4n) is 3.63. The van der Waals surface area contributed by atoms with Crippen LogP contribution in [0, 0.1) is 0 Å². The molecule has 0 unspecified atom stereocenters. The molecule has 1 atom stereocenters. The SMILES string of the molecule is CC(=O)N(CC(=O)N1CCc2sccc2[C@@H]1c1ccccc1)C(C)(C)C. The zero-order chi connectivity index (χ0) is 18.9. The number of amides is 2. The molecule has 3 rings (SSSR count). The summed E-state index contributed by atoms with van der Waals surface area (Å²) in [7, 11) is 0. The van der Waals surface area contributed by atoms with E-state index in [0.29, 0.717) is 6.54 Å². The van der Waals surface area contributed by atoms with Gasteiger partial charge in [-0.15, -0.1) is 11.3 Å². The Morgan fingerprint density at radius 1 is 1.19 bits per heavy atom.